The van der Waals surface area contributed by atoms with Gasteiger partial charge in [-0.05, 0) is 42.7 Å². The second kappa shape index (κ2) is 7.79. The van der Waals surface area contributed by atoms with E-state index in [1.54, 1.807) is 11.8 Å². The summed E-state index contributed by atoms with van der Waals surface area (Å²) in [7, 11) is 0. The number of aromatic nitrogens is 4. The Morgan fingerprint density at radius 1 is 1.22 bits per heavy atom. The van der Waals surface area contributed by atoms with Gasteiger partial charge in [-0.2, -0.15) is 11.8 Å². The van der Waals surface area contributed by atoms with Crippen LogP contribution in [-0.4, -0.2) is 37.7 Å². The van der Waals surface area contributed by atoms with Crippen molar-refractivity contribution in [1.29, 1.82) is 0 Å². The van der Waals surface area contributed by atoms with Crippen LogP contribution in [0.5, 0.6) is 0 Å². The number of amides is 1. The Bertz CT molecular complexity index is 1070. The number of thioether (sulfide) groups is 1. The number of rotatable bonds is 7. The van der Waals surface area contributed by atoms with E-state index in [1.807, 2.05) is 59.3 Å². The smallest absolute Gasteiger partial charge is 0.226 e. The van der Waals surface area contributed by atoms with Gasteiger partial charge in [0.15, 0.2) is 17.1 Å². The van der Waals surface area contributed by atoms with Crippen LogP contribution in [0.2, 0.25) is 0 Å². The highest BCUT2D eigenvalue weighted by molar-refractivity contribution is 7.98. The lowest BCUT2D eigenvalue weighted by Crippen LogP contribution is -2.31. The number of hydrogen-bond acceptors (Lipinski definition) is 6. The fraction of sp³-hybridized carbons (Fsp3) is 0.263. The zero-order valence-electron chi connectivity index (χ0n) is 14.8. The third-order valence-electron chi connectivity index (χ3n) is 4.38. The Labute approximate surface area is 160 Å². The van der Waals surface area contributed by atoms with Crippen molar-refractivity contribution in [2.75, 3.05) is 12.0 Å². The van der Waals surface area contributed by atoms with Crippen molar-refractivity contribution in [2.45, 2.75) is 18.9 Å². The second-order valence-electron chi connectivity index (χ2n) is 6.19. The Kier molecular flexibility index (Phi) is 5.06. The predicted octanol–water partition coefficient (Wildman–Crippen LogP) is 3.02. The Hall–Kier alpha value is -2.87. The number of nitrogens with zero attached hydrogens (tertiary/aromatic N) is 4. The van der Waals surface area contributed by atoms with E-state index < -0.39 is 0 Å². The molecule has 1 unspecified atom stereocenters. The molecule has 4 rings (SSSR count). The number of carbonyl (C=O) groups excluding carboxylic acids is 1. The van der Waals surface area contributed by atoms with Gasteiger partial charge in [-0.25, -0.2) is 0 Å². The molecule has 1 N–H and O–H groups in total. The molecule has 7 nitrogen and oxygen atoms in total. The standard InChI is InChI=1S/C19H19N5O2S/c1-27-11-9-14(19-22-21-17-8-4-5-10-24(17)19)20-18(25)12-15-13-6-2-3-7-16(13)26-23-15/h2-8,10,14H,9,11-12H2,1H3,(H,20,25). The Morgan fingerprint density at radius 2 is 2.07 bits per heavy atom. The summed E-state index contributed by atoms with van der Waals surface area (Å²) < 4.78 is 7.20. The van der Waals surface area contributed by atoms with Crippen molar-refractivity contribution >= 4 is 34.3 Å². The van der Waals surface area contributed by atoms with E-state index in [0.717, 1.165) is 29.0 Å². The number of nitrogens with one attached hydrogen (secondary N) is 1. The van der Waals surface area contributed by atoms with Crippen LogP contribution in [-0.2, 0) is 11.2 Å². The maximum Gasteiger partial charge on any atom is 0.226 e. The molecule has 0 spiro atoms. The molecule has 27 heavy (non-hydrogen) atoms. The van der Waals surface area contributed by atoms with Gasteiger partial charge >= 0.3 is 0 Å². The van der Waals surface area contributed by atoms with Gasteiger partial charge in [-0.15, -0.1) is 10.2 Å². The molecule has 1 atom stereocenters. The van der Waals surface area contributed by atoms with Crippen LogP contribution >= 0.6 is 11.8 Å². The van der Waals surface area contributed by atoms with Crippen LogP contribution in [0, 0.1) is 0 Å². The molecule has 0 saturated heterocycles. The highest BCUT2D eigenvalue weighted by Crippen LogP contribution is 2.20. The maximum atomic E-state index is 12.7. The summed E-state index contributed by atoms with van der Waals surface area (Å²) in [6.07, 6.45) is 4.88. The summed E-state index contributed by atoms with van der Waals surface area (Å²) in [6, 6.07) is 13.1. The van der Waals surface area contributed by atoms with Crippen LogP contribution in [0.4, 0.5) is 0 Å². The highest BCUT2D eigenvalue weighted by atomic mass is 32.2. The molecular weight excluding hydrogens is 362 g/mol. The number of benzene rings is 1. The zero-order valence-corrected chi connectivity index (χ0v) is 15.6. The second-order valence-corrected chi connectivity index (χ2v) is 7.18. The lowest BCUT2D eigenvalue weighted by atomic mass is 10.1. The van der Waals surface area contributed by atoms with Crippen LogP contribution in [0.1, 0.15) is 24.0 Å². The van der Waals surface area contributed by atoms with Gasteiger partial charge in [-0.3, -0.25) is 9.20 Å². The molecule has 138 valence electrons. The minimum atomic E-state index is -0.222. The minimum absolute atomic E-state index is 0.118. The summed E-state index contributed by atoms with van der Waals surface area (Å²) >= 11 is 1.73. The fourth-order valence-electron chi connectivity index (χ4n) is 3.06. The number of pyridine rings is 1. The molecule has 1 aromatic carbocycles. The largest absolute Gasteiger partial charge is 0.356 e. The van der Waals surface area contributed by atoms with Gasteiger partial charge in [0.1, 0.15) is 5.69 Å². The van der Waals surface area contributed by atoms with E-state index in [9.17, 15) is 4.79 Å². The summed E-state index contributed by atoms with van der Waals surface area (Å²) in [5, 5.41) is 16.5. The Morgan fingerprint density at radius 3 is 2.96 bits per heavy atom. The van der Waals surface area contributed by atoms with Crippen LogP contribution in [0.15, 0.2) is 53.2 Å². The number of hydrogen-bond donors (Lipinski definition) is 1. The van der Waals surface area contributed by atoms with Crippen molar-refractivity contribution in [3.8, 4) is 0 Å². The maximum absolute atomic E-state index is 12.7. The van der Waals surface area contributed by atoms with Crippen LogP contribution in [0.25, 0.3) is 16.6 Å². The molecule has 1 amide bonds. The van der Waals surface area contributed by atoms with E-state index in [4.69, 9.17) is 4.52 Å². The van der Waals surface area contributed by atoms with Gasteiger partial charge in [0.2, 0.25) is 5.91 Å². The van der Waals surface area contributed by atoms with E-state index in [2.05, 4.69) is 20.7 Å². The molecule has 3 aromatic heterocycles. The first-order valence-electron chi connectivity index (χ1n) is 8.67. The van der Waals surface area contributed by atoms with Crippen molar-refractivity contribution in [1.82, 2.24) is 25.1 Å². The van der Waals surface area contributed by atoms with Crippen molar-refractivity contribution in [2.24, 2.45) is 0 Å². The minimum Gasteiger partial charge on any atom is -0.356 e. The SMILES string of the molecule is CSCCC(NC(=O)Cc1noc2ccccc12)c1nnc2ccccn12. The van der Waals surface area contributed by atoms with Gasteiger partial charge in [0, 0.05) is 11.6 Å². The van der Waals surface area contributed by atoms with Crippen molar-refractivity contribution in [3.63, 3.8) is 0 Å². The third-order valence-corrected chi connectivity index (χ3v) is 5.02. The normalized spacial score (nSPS) is 12.5. The lowest BCUT2D eigenvalue weighted by Gasteiger charge is -2.16. The first-order chi connectivity index (χ1) is 13.3. The quantitative estimate of drug-likeness (QED) is 0.530. The average Bonchev–Trinajstić information content (AvgIpc) is 3.30. The van der Waals surface area contributed by atoms with Crippen LogP contribution < -0.4 is 5.32 Å². The molecular formula is C19H19N5O2S. The fourth-order valence-corrected chi connectivity index (χ4v) is 3.53. The number of carbonyl (C=O) groups is 1. The molecule has 4 aromatic rings. The molecule has 0 saturated carbocycles. The molecule has 0 fully saturated rings. The predicted molar refractivity (Wildman–Crippen MR) is 105 cm³/mol. The Balaban J connectivity index is 1.55. The number of fused-ring (bicyclic) bond motifs is 2. The van der Waals surface area contributed by atoms with Gasteiger partial charge in [-0.1, -0.05) is 23.4 Å². The first-order valence-corrected chi connectivity index (χ1v) is 10.1. The number of para-hydroxylation sites is 1. The molecule has 0 aliphatic rings. The summed E-state index contributed by atoms with van der Waals surface area (Å²) in [5.41, 5.74) is 2.08. The van der Waals surface area contributed by atoms with E-state index in [-0.39, 0.29) is 18.4 Å². The topological polar surface area (TPSA) is 85.3 Å². The molecule has 0 radical (unpaired) electrons. The molecule has 0 aliphatic carbocycles. The van der Waals surface area contributed by atoms with E-state index >= 15 is 0 Å². The average molecular weight is 381 g/mol. The monoisotopic (exact) mass is 381 g/mol. The van der Waals surface area contributed by atoms with E-state index in [1.165, 1.54) is 0 Å². The molecule has 3 heterocycles. The summed E-state index contributed by atoms with van der Waals surface area (Å²) in [5.74, 6) is 1.52. The van der Waals surface area contributed by atoms with Crippen molar-refractivity contribution < 1.29 is 9.32 Å². The lowest BCUT2D eigenvalue weighted by molar-refractivity contribution is -0.121. The van der Waals surface area contributed by atoms with Gasteiger partial charge in [0.25, 0.3) is 0 Å². The summed E-state index contributed by atoms with van der Waals surface area (Å²) in [6.45, 7) is 0. The zero-order chi connectivity index (χ0) is 18.6. The van der Waals surface area contributed by atoms with Crippen LogP contribution in [0.3, 0.4) is 0 Å². The molecule has 8 heteroatoms. The summed E-state index contributed by atoms with van der Waals surface area (Å²) in [4.78, 5) is 12.7. The third kappa shape index (κ3) is 3.66. The van der Waals surface area contributed by atoms with E-state index in [0.29, 0.717) is 11.3 Å². The first kappa shape index (κ1) is 17.5. The molecule has 0 bridgehead atoms. The molecule has 0 aliphatic heterocycles. The van der Waals surface area contributed by atoms with Gasteiger partial charge in [0.05, 0.1) is 12.5 Å². The van der Waals surface area contributed by atoms with Crippen molar-refractivity contribution in [3.05, 3.63) is 60.2 Å². The van der Waals surface area contributed by atoms with Gasteiger partial charge < -0.3 is 9.84 Å². The highest BCUT2D eigenvalue weighted by Gasteiger charge is 2.21.